The third-order valence-corrected chi connectivity index (χ3v) is 4.79. The maximum absolute atomic E-state index is 12.4. The number of carbonyl (C=O) groups is 2. The average Bonchev–Trinajstić information content (AvgIpc) is 3.05. The molecule has 0 saturated heterocycles. The second kappa shape index (κ2) is 8.84. The van der Waals surface area contributed by atoms with Gasteiger partial charge in [0.05, 0.1) is 16.8 Å². The van der Waals surface area contributed by atoms with E-state index in [1.165, 1.54) is 11.8 Å². The highest BCUT2D eigenvalue weighted by Gasteiger charge is 2.21. The lowest BCUT2D eigenvalue weighted by molar-refractivity contribution is -0.129. The molecular formula is C17H20N2O3S2. The number of carbonyl (C=O) groups excluding carboxylic acids is 2. The summed E-state index contributed by atoms with van der Waals surface area (Å²) in [5.41, 5.74) is 3.21. The minimum absolute atomic E-state index is 0.000366. The van der Waals surface area contributed by atoms with Crippen LogP contribution in [0.2, 0.25) is 0 Å². The molecule has 1 aromatic carbocycles. The van der Waals surface area contributed by atoms with Gasteiger partial charge < -0.3 is 10.1 Å². The first kappa shape index (κ1) is 18.5. The summed E-state index contributed by atoms with van der Waals surface area (Å²) in [4.78, 5) is 29.3. The fraction of sp³-hybridized carbons (Fsp3) is 0.353. The van der Waals surface area contributed by atoms with E-state index >= 15 is 0 Å². The van der Waals surface area contributed by atoms with Crippen LogP contribution in [0.4, 0.5) is 0 Å². The zero-order chi connectivity index (χ0) is 17.5. The van der Waals surface area contributed by atoms with Crippen molar-refractivity contribution >= 4 is 35.0 Å². The Bertz CT molecular complexity index is 687. The molecule has 0 fully saturated rings. The number of nitrogens with zero attached hydrogens (tertiary/aromatic N) is 1. The van der Waals surface area contributed by atoms with E-state index in [-0.39, 0.29) is 11.9 Å². The van der Waals surface area contributed by atoms with Gasteiger partial charge in [0.1, 0.15) is 0 Å². The van der Waals surface area contributed by atoms with Crippen LogP contribution < -0.4 is 5.32 Å². The molecular weight excluding hydrogens is 344 g/mol. The van der Waals surface area contributed by atoms with E-state index in [2.05, 4.69) is 10.3 Å². The van der Waals surface area contributed by atoms with Gasteiger partial charge in [0.2, 0.25) is 0 Å². The molecule has 2 rings (SSSR count). The molecule has 0 aliphatic carbocycles. The van der Waals surface area contributed by atoms with Gasteiger partial charge in [0.15, 0.2) is 6.10 Å². The van der Waals surface area contributed by atoms with E-state index in [9.17, 15) is 9.59 Å². The van der Waals surface area contributed by atoms with Crippen molar-refractivity contribution in [3.8, 4) is 0 Å². The largest absolute Gasteiger partial charge is 0.449 e. The Morgan fingerprint density at radius 2 is 2.04 bits per heavy atom. The first-order valence-corrected chi connectivity index (χ1v) is 9.50. The second-order valence-corrected chi connectivity index (χ2v) is 7.21. The lowest BCUT2D eigenvalue weighted by Gasteiger charge is -2.16. The summed E-state index contributed by atoms with van der Waals surface area (Å²) in [6.45, 7) is 5.29. The van der Waals surface area contributed by atoms with Gasteiger partial charge in [-0.3, -0.25) is 4.79 Å². The zero-order valence-corrected chi connectivity index (χ0v) is 15.4. The van der Waals surface area contributed by atoms with Crippen molar-refractivity contribution in [3.63, 3.8) is 0 Å². The van der Waals surface area contributed by atoms with Gasteiger partial charge in [0, 0.05) is 22.1 Å². The van der Waals surface area contributed by atoms with Crippen LogP contribution in [0, 0.1) is 0 Å². The van der Waals surface area contributed by atoms with Gasteiger partial charge in [0.25, 0.3) is 5.91 Å². The van der Waals surface area contributed by atoms with Crippen molar-refractivity contribution in [2.24, 2.45) is 0 Å². The highest BCUT2D eigenvalue weighted by Crippen LogP contribution is 2.27. The molecule has 1 unspecified atom stereocenters. The van der Waals surface area contributed by atoms with E-state index in [0.29, 0.717) is 11.3 Å². The molecule has 1 amide bonds. The van der Waals surface area contributed by atoms with Crippen LogP contribution in [0.25, 0.3) is 0 Å². The molecule has 0 bridgehead atoms. The maximum Gasteiger partial charge on any atom is 0.340 e. The minimum Gasteiger partial charge on any atom is -0.449 e. The van der Waals surface area contributed by atoms with E-state index in [1.54, 1.807) is 35.9 Å². The van der Waals surface area contributed by atoms with Crippen LogP contribution in [0.5, 0.6) is 0 Å². The van der Waals surface area contributed by atoms with Crippen molar-refractivity contribution in [3.05, 3.63) is 46.4 Å². The summed E-state index contributed by atoms with van der Waals surface area (Å²) in [5, 5.41) is 4.71. The molecule has 1 atom stereocenters. The summed E-state index contributed by atoms with van der Waals surface area (Å²) >= 11 is 3.06. The number of thiazole rings is 1. The third-order valence-electron chi connectivity index (χ3n) is 3.05. The van der Waals surface area contributed by atoms with Gasteiger partial charge in [-0.1, -0.05) is 12.1 Å². The number of aromatic nitrogens is 1. The number of ether oxygens (including phenoxy) is 1. The smallest absolute Gasteiger partial charge is 0.340 e. The molecule has 1 heterocycles. The van der Waals surface area contributed by atoms with Gasteiger partial charge in [-0.2, -0.15) is 0 Å². The quantitative estimate of drug-likeness (QED) is 0.601. The van der Waals surface area contributed by atoms with Crippen LogP contribution in [0.3, 0.4) is 0 Å². The summed E-state index contributed by atoms with van der Waals surface area (Å²) in [6.07, 6.45) is -0.837. The van der Waals surface area contributed by atoms with Crippen LogP contribution in [0.15, 0.2) is 40.1 Å². The van der Waals surface area contributed by atoms with Crippen molar-refractivity contribution in [2.75, 3.05) is 0 Å². The number of nitrogens with one attached hydrogen (secondary N) is 1. The normalized spacial score (nSPS) is 12.0. The fourth-order valence-corrected chi connectivity index (χ4v) is 3.51. The summed E-state index contributed by atoms with van der Waals surface area (Å²) in [5.74, 6) is -0.120. The Kier molecular flexibility index (Phi) is 6.81. The predicted octanol–water partition coefficient (Wildman–Crippen LogP) is 3.51. The van der Waals surface area contributed by atoms with Gasteiger partial charge >= 0.3 is 5.97 Å². The topological polar surface area (TPSA) is 68.3 Å². The second-order valence-electron chi connectivity index (χ2n) is 5.48. The Labute approximate surface area is 149 Å². The van der Waals surface area contributed by atoms with Crippen LogP contribution in [0.1, 0.15) is 36.8 Å². The highest BCUT2D eigenvalue weighted by atomic mass is 32.2. The van der Waals surface area contributed by atoms with Gasteiger partial charge in [-0.25, -0.2) is 9.78 Å². The Morgan fingerprint density at radius 1 is 1.29 bits per heavy atom. The lowest BCUT2D eigenvalue weighted by atomic mass is 10.2. The molecule has 1 N–H and O–H groups in total. The fourth-order valence-electron chi connectivity index (χ4n) is 1.90. The number of thioether (sulfide) groups is 1. The van der Waals surface area contributed by atoms with Crippen molar-refractivity contribution < 1.29 is 14.3 Å². The molecule has 0 aliphatic heterocycles. The summed E-state index contributed by atoms with van der Waals surface area (Å²) in [7, 11) is 0. The molecule has 2 aromatic rings. The monoisotopic (exact) mass is 364 g/mol. The minimum atomic E-state index is -0.837. The Morgan fingerprint density at radius 3 is 2.71 bits per heavy atom. The van der Waals surface area contributed by atoms with E-state index < -0.39 is 12.1 Å². The maximum atomic E-state index is 12.4. The van der Waals surface area contributed by atoms with E-state index in [4.69, 9.17) is 4.74 Å². The Hall–Kier alpha value is -1.86. The lowest BCUT2D eigenvalue weighted by Crippen LogP contribution is -2.39. The number of hydrogen-bond acceptors (Lipinski definition) is 6. The number of benzene rings is 1. The molecule has 0 radical (unpaired) electrons. The van der Waals surface area contributed by atoms with Gasteiger partial charge in [-0.05, 0) is 32.9 Å². The van der Waals surface area contributed by atoms with Crippen molar-refractivity contribution in [1.29, 1.82) is 0 Å². The van der Waals surface area contributed by atoms with Crippen LogP contribution >= 0.6 is 23.1 Å². The molecule has 0 aliphatic rings. The SMILES string of the molecule is CC(C)NC(=O)C(C)OC(=O)c1ccccc1SCc1cscn1. The molecule has 0 saturated carbocycles. The number of rotatable bonds is 7. The predicted molar refractivity (Wildman–Crippen MR) is 96.3 cm³/mol. The summed E-state index contributed by atoms with van der Waals surface area (Å²) in [6, 6.07) is 7.22. The molecule has 24 heavy (non-hydrogen) atoms. The Balaban J connectivity index is 2.02. The van der Waals surface area contributed by atoms with E-state index in [1.807, 2.05) is 31.4 Å². The average molecular weight is 364 g/mol. The molecule has 128 valence electrons. The van der Waals surface area contributed by atoms with Gasteiger partial charge in [-0.15, -0.1) is 23.1 Å². The highest BCUT2D eigenvalue weighted by molar-refractivity contribution is 7.98. The van der Waals surface area contributed by atoms with E-state index in [0.717, 1.165) is 10.6 Å². The molecule has 1 aromatic heterocycles. The summed E-state index contributed by atoms with van der Waals surface area (Å²) < 4.78 is 5.30. The van der Waals surface area contributed by atoms with Crippen LogP contribution in [-0.4, -0.2) is 29.0 Å². The third kappa shape index (κ3) is 5.35. The van der Waals surface area contributed by atoms with Crippen molar-refractivity contribution in [2.45, 2.75) is 43.6 Å². The standard InChI is InChI=1S/C17H20N2O3S2/c1-11(2)19-16(20)12(3)22-17(21)14-6-4-5-7-15(14)24-9-13-8-23-10-18-13/h4-8,10-12H,9H2,1-3H3,(H,19,20). The van der Waals surface area contributed by atoms with Crippen LogP contribution in [-0.2, 0) is 15.3 Å². The molecule has 5 nitrogen and oxygen atoms in total. The first-order valence-electron chi connectivity index (χ1n) is 7.57. The number of amides is 1. The number of esters is 1. The molecule has 7 heteroatoms. The number of hydrogen-bond donors (Lipinski definition) is 1. The van der Waals surface area contributed by atoms with Crippen molar-refractivity contribution in [1.82, 2.24) is 10.3 Å². The first-order chi connectivity index (χ1) is 11.5. The molecule has 0 spiro atoms. The zero-order valence-electron chi connectivity index (χ0n) is 13.8.